The molecule has 1 aliphatic heterocycles. The first-order valence-corrected chi connectivity index (χ1v) is 11.7. The summed E-state index contributed by atoms with van der Waals surface area (Å²) in [4.78, 5) is 12.0. The smallest absolute Gasteiger partial charge is 0.277 e. The molecule has 3 rings (SSSR count). The van der Waals surface area contributed by atoms with Crippen LogP contribution >= 0.6 is 39.5 Å². The molecule has 2 aromatic carbocycles. The molecule has 0 unspecified atom stereocenters. The van der Waals surface area contributed by atoms with E-state index in [0.29, 0.717) is 21.8 Å². The number of amides is 1. The molecule has 1 aliphatic rings. The van der Waals surface area contributed by atoms with Crippen molar-refractivity contribution in [1.82, 2.24) is 5.43 Å². The van der Waals surface area contributed by atoms with Gasteiger partial charge in [-0.2, -0.15) is 5.10 Å². The van der Waals surface area contributed by atoms with Crippen LogP contribution in [0.3, 0.4) is 0 Å². The van der Waals surface area contributed by atoms with Crippen LogP contribution in [-0.2, 0) is 4.79 Å². The van der Waals surface area contributed by atoms with E-state index in [0.717, 1.165) is 10.0 Å². The molecular formula is C20H21BrN2O4S2. The normalized spacial score (nSPS) is 14.2. The minimum absolute atomic E-state index is 0.114. The topological polar surface area (TPSA) is 69.2 Å². The van der Waals surface area contributed by atoms with E-state index in [1.165, 1.54) is 23.3 Å². The quantitative estimate of drug-likeness (QED) is 0.429. The van der Waals surface area contributed by atoms with E-state index in [2.05, 4.69) is 38.6 Å². The van der Waals surface area contributed by atoms with Crippen molar-refractivity contribution >= 4 is 51.6 Å². The monoisotopic (exact) mass is 496 g/mol. The predicted molar refractivity (Wildman–Crippen MR) is 123 cm³/mol. The summed E-state index contributed by atoms with van der Waals surface area (Å²) in [7, 11) is 3.13. The summed E-state index contributed by atoms with van der Waals surface area (Å²) in [6, 6.07) is 11.4. The number of hydrogen-bond acceptors (Lipinski definition) is 7. The summed E-state index contributed by atoms with van der Waals surface area (Å²) in [5, 5.41) is 3.98. The second-order valence-electron chi connectivity index (χ2n) is 5.95. The lowest BCUT2D eigenvalue weighted by atomic mass is 10.2. The number of hydrogen-bond donors (Lipinski definition) is 1. The molecule has 1 amide bonds. The molecule has 0 bridgehead atoms. The van der Waals surface area contributed by atoms with Crippen LogP contribution in [0.5, 0.6) is 17.2 Å². The van der Waals surface area contributed by atoms with Crippen molar-refractivity contribution in [2.45, 2.75) is 4.58 Å². The third kappa shape index (κ3) is 6.07. The second kappa shape index (κ2) is 10.8. The van der Waals surface area contributed by atoms with Crippen LogP contribution in [0, 0.1) is 0 Å². The summed E-state index contributed by atoms with van der Waals surface area (Å²) in [6.45, 7) is -0.114. The Morgan fingerprint density at radius 3 is 2.48 bits per heavy atom. The molecule has 1 N–H and O–H groups in total. The first-order valence-electron chi connectivity index (χ1n) is 8.80. The molecule has 1 heterocycles. The van der Waals surface area contributed by atoms with Gasteiger partial charge >= 0.3 is 0 Å². The standard InChI is InChI=1S/C20H21BrN2O4S2/c1-25-17-9-14(16(21)10-18(17)26-2)11-22-23-19(24)12-27-15-5-3-13(4-6-15)20-28-7-8-29-20/h3-6,9-11,20H,7-8,12H2,1-2H3,(H,23,24)/b22-11-. The van der Waals surface area contributed by atoms with Gasteiger partial charge in [0, 0.05) is 21.5 Å². The van der Waals surface area contributed by atoms with Gasteiger partial charge in [-0.25, -0.2) is 5.43 Å². The average molecular weight is 497 g/mol. The summed E-state index contributed by atoms with van der Waals surface area (Å²) in [5.41, 5.74) is 4.47. The van der Waals surface area contributed by atoms with Gasteiger partial charge in [-0.3, -0.25) is 4.79 Å². The third-order valence-corrected chi connectivity index (χ3v) is 7.83. The van der Waals surface area contributed by atoms with Gasteiger partial charge in [-0.05, 0) is 45.8 Å². The highest BCUT2D eigenvalue weighted by Gasteiger charge is 2.18. The van der Waals surface area contributed by atoms with Crippen molar-refractivity contribution in [2.75, 3.05) is 32.3 Å². The van der Waals surface area contributed by atoms with E-state index in [4.69, 9.17) is 14.2 Å². The fraction of sp³-hybridized carbons (Fsp3) is 0.300. The lowest BCUT2D eigenvalue weighted by Crippen LogP contribution is -2.24. The average Bonchev–Trinajstić information content (AvgIpc) is 3.28. The number of halogens is 1. The molecule has 0 spiro atoms. The van der Waals surface area contributed by atoms with Crippen molar-refractivity contribution in [2.24, 2.45) is 5.10 Å². The van der Waals surface area contributed by atoms with E-state index in [1.807, 2.05) is 35.7 Å². The highest BCUT2D eigenvalue weighted by atomic mass is 79.9. The Bertz CT molecular complexity index is 872. The second-order valence-corrected chi connectivity index (χ2v) is 9.53. The fourth-order valence-electron chi connectivity index (χ4n) is 2.60. The first-order chi connectivity index (χ1) is 14.1. The largest absolute Gasteiger partial charge is 0.493 e. The molecule has 6 nitrogen and oxygen atoms in total. The van der Waals surface area contributed by atoms with Crippen molar-refractivity contribution < 1.29 is 19.0 Å². The zero-order valence-electron chi connectivity index (χ0n) is 16.0. The number of hydrazone groups is 1. The summed E-state index contributed by atoms with van der Waals surface area (Å²) in [5.74, 6) is 3.87. The zero-order valence-corrected chi connectivity index (χ0v) is 19.2. The number of nitrogens with zero attached hydrogens (tertiary/aromatic N) is 1. The summed E-state index contributed by atoms with van der Waals surface area (Å²) >= 11 is 7.35. The van der Waals surface area contributed by atoms with E-state index < -0.39 is 0 Å². The molecule has 2 aromatic rings. The van der Waals surface area contributed by atoms with E-state index in [9.17, 15) is 4.79 Å². The number of nitrogens with one attached hydrogen (secondary N) is 1. The van der Waals surface area contributed by atoms with E-state index >= 15 is 0 Å². The maximum Gasteiger partial charge on any atom is 0.277 e. The van der Waals surface area contributed by atoms with Gasteiger partial charge in [0.05, 0.1) is 25.0 Å². The fourth-order valence-corrected chi connectivity index (χ4v) is 5.88. The van der Waals surface area contributed by atoms with Crippen molar-refractivity contribution in [3.8, 4) is 17.2 Å². The van der Waals surface area contributed by atoms with Crippen LogP contribution in [0.2, 0.25) is 0 Å². The van der Waals surface area contributed by atoms with Gasteiger partial charge < -0.3 is 14.2 Å². The van der Waals surface area contributed by atoms with Gasteiger partial charge in [0.25, 0.3) is 5.91 Å². The summed E-state index contributed by atoms with van der Waals surface area (Å²) in [6.07, 6.45) is 1.52. The van der Waals surface area contributed by atoms with E-state index in [-0.39, 0.29) is 12.5 Å². The Hall–Kier alpha value is -1.84. The molecule has 1 saturated heterocycles. The zero-order chi connectivity index (χ0) is 20.6. The van der Waals surface area contributed by atoms with Crippen molar-refractivity contribution in [1.29, 1.82) is 0 Å². The van der Waals surface area contributed by atoms with E-state index in [1.54, 1.807) is 26.4 Å². The number of carbonyl (C=O) groups is 1. The molecule has 0 saturated carbocycles. The van der Waals surface area contributed by atoms with Crippen LogP contribution in [0.25, 0.3) is 0 Å². The molecule has 1 fully saturated rings. The Morgan fingerprint density at radius 1 is 1.17 bits per heavy atom. The molecule has 29 heavy (non-hydrogen) atoms. The number of ether oxygens (including phenoxy) is 3. The molecule has 9 heteroatoms. The van der Waals surface area contributed by atoms with Crippen LogP contribution in [0.15, 0.2) is 46.0 Å². The number of carbonyl (C=O) groups excluding carboxylic acids is 1. The lowest BCUT2D eigenvalue weighted by Gasteiger charge is -2.10. The Kier molecular flexibility index (Phi) is 8.14. The number of benzene rings is 2. The highest BCUT2D eigenvalue weighted by Crippen LogP contribution is 2.45. The molecular weight excluding hydrogens is 476 g/mol. The van der Waals surface area contributed by atoms with Crippen LogP contribution in [0.4, 0.5) is 0 Å². The van der Waals surface area contributed by atoms with Crippen molar-refractivity contribution in [3.63, 3.8) is 0 Å². The molecule has 0 atom stereocenters. The molecule has 0 radical (unpaired) electrons. The van der Waals surface area contributed by atoms with Gasteiger partial charge in [0.2, 0.25) is 0 Å². The van der Waals surface area contributed by atoms with Gasteiger partial charge in [-0.1, -0.05) is 12.1 Å². The predicted octanol–water partition coefficient (Wildman–Crippen LogP) is 4.47. The maximum atomic E-state index is 12.0. The van der Waals surface area contributed by atoms with Gasteiger partial charge in [0.15, 0.2) is 18.1 Å². The summed E-state index contributed by atoms with van der Waals surface area (Å²) < 4.78 is 17.3. The number of rotatable bonds is 8. The van der Waals surface area contributed by atoms with Crippen molar-refractivity contribution in [3.05, 3.63) is 52.0 Å². The Morgan fingerprint density at radius 2 is 1.83 bits per heavy atom. The maximum absolute atomic E-state index is 12.0. The Balaban J connectivity index is 1.49. The van der Waals surface area contributed by atoms with Gasteiger partial charge in [-0.15, -0.1) is 23.5 Å². The third-order valence-electron chi connectivity index (χ3n) is 4.04. The number of methoxy groups -OCH3 is 2. The minimum Gasteiger partial charge on any atom is -0.493 e. The minimum atomic E-state index is -0.344. The van der Waals surface area contributed by atoms with Crippen LogP contribution in [0.1, 0.15) is 15.7 Å². The van der Waals surface area contributed by atoms with Gasteiger partial charge in [0.1, 0.15) is 5.75 Å². The Labute approximate surface area is 186 Å². The number of thioether (sulfide) groups is 2. The van der Waals surface area contributed by atoms with Crippen LogP contribution in [-0.4, -0.2) is 44.5 Å². The highest BCUT2D eigenvalue weighted by molar-refractivity contribution is 9.10. The molecule has 0 aliphatic carbocycles. The first kappa shape index (κ1) is 21.9. The van der Waals surface area contributed by atoms with Crippen LogP contribution < -0.4 is 19.6 Å². The molecule has 154 valence electrons. The lowest BCUT2D eigenvalue weighted by molar-refractivity contribution is -0.123. The SMILES string of the molecule is COc1cc(Br)c(/C=N\NC(=O)COc2ccc(C3SCCS3)cc2)cc1OC. The molecule has 0 aromatic heterocycles.